The van der Waals surface area contributed by atoms with Gasteiger partial charge in [0, 0.05) is 18.6 Å². The lowest BCUT2D eigenvalue weighted by Gasteiger charge is -2.05. The molecule has 136 valence electrons. The number of nitro groups is 1. The fraction of sp³-hybridized carbons (Fsp3) is 0.222. The molecule has 0 aliphatic rings. The summed E-state index contributed by atoms with van der Waals surface area (Å²) >= 11 is 0. The molecule has 2 aromatic carbocycles. The smallest absolute Gasteiger partial charge is 0.335 e. The molecule has 26 heavy (non-hydrogen) atoms. The zero-order chi connectivity index (χ0) is 18.8. The second kappa shape index (κ2) is 9.77. The first-order chi connectivity index (χ1) is 12.5. The molecule has 8 heteroatoms. The van der Waals surface area contributed by atoms with Crippen molar-refractivity contribution in [1.29, 1.82) is 0 Å². The van der Waals surface area contributed by atoms with Crippen LogP contribution < -0.4 is 10.5 Å². The predicted molar refractivity (Wildman–Crippen MR) is 95.7 cm³/mol. The lowest BCUT2D eigenvalue weighted by molar-refractivity contribution is -0.384. The molecule has 2 aromatic rings. The number of ether oxygens (including phenoxy) is 1. The number of carbonyl (C=O) groups excluding carboxylic acids is 1. The van der Waals surface area contributed by atoms with E-state index < -0.39 is 10.9 Å². The van der Waals surface area contributed by atoms with Crippen LogP contribution in [0.15, 0.2) is 59.8 Å². The van der Waals surface area contributed by atoms with Crippen molar-refractivity contribution in [1.82, 2.24) is 0 Å². The Hall–Kier alpha value is -3.42. The molecule has 0 fully saturated rings. The molecular weight excluding hydrogens is 338 g/mol. The van der Waals surface area contributed by atoms with Crippen molar-refractivity contribution in [2.24, 2.45) is 10.9 Å². The maximum Gasteiger partial charge on any atom is 0.335 e. The van der Waals surface area contributed by atoms with Crippen molar-refractivity contribution in [3.05, 3.63) is 70.3 Å². The third-order valence-corrected chi connectivity index (χ3v) is 3.33. The van der Waals surface area contributed by atoms with Crippen molar-refractivity contribution >= 4 is 17.5 Å². The molecule has 0 amide bonds. The Morgan fingerprint density at radius 2 is 1.81 bits per heavy atom. The molecule has 0 unspecified atom stereocenters. The summed E-state index contributed by atoms with van der Waals surface area (Å²) in [6.07, 6.45) is 0.870. The van der Waals surface area contributed by atoms with Gasteiger partial charge in [0.15, 0.2) is 0 Å². The van der Waals surface area contributed by atoms with Crippen LogP contribution in [0.4, 0.5) is 5.69 Å². The molecule has 0 radical (unpaired) electrons. The summed E-state index contributed by atoms with van der Waals surface area (Å²) < 4.78 is 5.47. The van der Waals surface area contributed by atoms with Crippen LogP contribution in [0.2, 0.25) is 0 Å². The number of hydrogen-bond donors (Lipinski definition) is 1. The van der Waals surface area contributed by atoms with E-state index in [1.807, 2.05) is 30.3 Å². The SMILES string of the molecule is N/C(Cc1ccc([N+](=O)[O-])cc1)=N/OC(=O)CCCOc1ccccc1. The second-order valence-corrected chi connectivity index (χ2v) is 5.41. The van der Waals surface area contributed by atoms with Crippen LogP contribution in [-0.4, -0.2) is 23.3 Å². The highest BCUT2D eigenvalue weighted by Gasteiger charge is 2.07. The first-order valence-corrected chi connectivity index (χ1v) is 7.98. The highest BCUT2D eigenvalue weighted by atomic mass is 16.7. The lowest BCUT2D eigenvalue weighted by Crippen LogP contribution is -2.16. The number of carbonyl (C=O) groups is 1. The van der Waals surface area contributed by atoms with Crippen LogP contribution >= 0.6 is 0 Å². The van der Waals surface area contributed by atoms with Gasteiger partial charge < -0.3 is 15.3 Å². The molecule has 8 nitrogen and oxygen atoms in total. The molecular formula is C18H19N3O5. The highest BCUT2D eigenvalue weighted by Crippen LogP contribution is 2.12. The zero-order valence-corrected chi connectivity index (χ0v) is 14.0. The van der Waals surface area contributed by atoms with Crippen LogP contribution in [0, 0.1) is 10.1 Å². The molecule has 2 rings (SSSR count). The monoisotopic (exact) mass is 357 g/mol. The van der Waals surface area contributed by atoms with Crippen LogP contribution in [0.3, 0.4) is 0 Å². The average Bonchev–Trinajstić information content (AvgIpc) is 2.65. The second-order valence-electron chi connectivity index (χ2n) is 5.41. The van der Waals surface area contributed by atoms with E-state index >= 15 is 0 Å². The topological polar surface area (TPSA) is 117 Å². The Labute approximate surface area is 150 Å². The van der Waals surface area contributed by atoms with Gasteiger partial charge in [0.25, 0.3) is 5.69 Å². The number of nitro benzene ring substituents is 1. The quantitative estimate of drug-likeness (QED) is 0.184. The van der Waals surface area contributed by atoms with Gasteiger partial charge >= 0.3 is 5.97 Å². The summed E-state index contributed by atoms with van der Waals surface area (Å²) in [5.74, 6) is 0.340. The number of hydrogen-bond acceptors (Lipinski definition) is 6. The minimum absolute atomic E-state index is 0.00610. The van der Waals surface area contributed by atoms with Crippen molar-refractivity contribution < 1.29 is 19.3 Å². The minimum Gasteiger partial charge on any atom is -0.494 e. The van der Waals surface area contributed by atoms with Gasteiger partial charge in [-0.15, -0.1) is 0 Å². The molecule has 0 atom stereocenters. The third-order valence-electron chi connectivity index (χ3n) is 3.33. The van der Waals surface area contributed by atoms with Crippen molar-refractivity contribution in [2.45, 2.75) is 19.3 Å². The molecule has 0 heterocycles. The molecule has 0 saturated carbocycles. The number of para-hydroxylation sites is 1. The van der Waals surface area contributed by atoms with Gasteiger partial charge in [-0.3, -0.25) is 10.1 Å². The van der Waals surface area contributed by atoms with Crippen molar-refractivity contribution in [2.75, 3.05) is 6.61 Å². The van der Waals surface area contributed by atoms with Gasteiger partial charge in [0.2, 0.25) is 0 Å². The number of nitrogens with two attached hydrogens (primary N) is 1. The summed E-state index contributed by atoms with van der Waals surface area (Å²) in [5.41, 5.74) is 6.42. The van der Waals surface area contributed by atoms with Crippen LogP contribution in [0.25, 0.3) is 0 Å². The number of nitrogens with zero attached hydrogens (tertiary/aromatic N) is 2. The molecule has 0 aromatic heterocycles. The average molecular weight is 357 g/mol. The fourth-order valence-corrected chi connectivity index (χ4v) is 2.06. The number of oxime groups is 1. The van der Waals surface area contributed by atoms with Gasteiger partial charge in [-0.2, -0.15) is 0 Å². The number of rotatable bonds is 9. The molecule has 2 N–H and O–H groups in total. The third kappa shape index (κ3) is 6.60. The molecule has 0 bridgehead atoms. The van der Waals surface area contributed by atoms with E-state index in [9.17, 15) is 14.9 Å². The fourth-order valence-electron chi connectivity index (χ4n) is 2.06. The maximum atomic E-state index is 11.6. The Morgan fingerprint density at radius 1 is 1.12 bits per heavy atom. The Bertz CT molecular complexity index is 760. The van der Waals surface area contributed by atoms with Crippen LogP contribution in [0.5, 0.6) is 5.75 Å². The van der Waals surface area contributed by atoms with Gasteiger partial charge in [-0.05, 0) is 24.1 Å². The highest BCUT2D eigenvalue weighted by molar-refractivity contribution is 5.83. The van der Waals surface area contributed by atoms with Crippen LogP contribution in [0.1, 0.15) is 18.4 Å². The van der Waals surface area contributed by atoms with E-state index in [0.29, 0.717) is 13.0 Å². The number of benzene rings is 2. The first kappa shape index (κ1) is 18.9. The van der Waals surface area contributed by atoms with E-state index in [0.717, 1.165) is 11.3 Å². The van der Waals surface area contributed by atoms with E-state index in [2.05, 4.69) is 5.16 Å². The molecule has 0 aliphatic heterocycles. The minimum atomic E-state index is -0.506. The zero-order valence-electron chi connectivity index (χ0n) is 14.0. The summed E-state index contributed by atoms with van der Waals surface area (Å²) in [4.78, 5) is 26.5. The number of amidine groups is 1. The van der Waals surface area contributed by atoms with Gasteiger partial charge in [-0.25, -0.2) is 4.79 Å². The van der Waals surface area contributed by atoms with E-state index in [1.165, 1.54) is 12.1 Å². The van der Waals surface area contributed by atoms with Crippen molar-refractivity contribution in [3.8, 4) is 5.75 Å². The van der Waals surface area contributed by atoms with E-state index in [1.54, 1.807) is 12.1 Å². The summed E-state index contributed by atoms with van der Waals surface area (Å²) in [5, 5.41) is 14.2. The maximum absolute atomic E-state index is 11.6. The Morgan fingerprint density at radius 3 is 2.46 bits per heavy atom. The Kier molecular flexibility index (Phi) is 7.11. The summed E-state index contributed by atoms with van der Waals surface area (Å²) in [6.45, 7) is 0.390. The largest absolute Gasteiger partial charge is 0.494 e. The van der Waals surface area contributed by atoms with Gasteiger partial charge in [-0.1, -0.05) is 35.5 Å². The standard InChI is InChI=1S/C18H19N3O5/c19-17(13-14-8-10-15(11-9-14)21(23)24)20-26-18(22)7-4-12-25-16-5-2-1-3-6-16/h1-3,5-6,8-11H,4,7,12-13H2,(H2,19,20). The molecule has 0 aliphatic carbocycles. The summed E-state index contributed by atoms with van der Waals surface area (Å²) in [7, 11) is 0. The lowest BCUT2D eigenvalue weighted by atomic mass is 10.1. The van der Waals surface area contributed by atoms with E-state index in [4.69, 9.17) is 15.3 Å². The number of non-ortho nitro benzene ring substituents is 1. The summed E-state index contributed by atoms with van der Waals surface area (Å²) in [6, 6.07) is 15.2. The van der Waals surface area contributed by atoms with Gasteiger partial charge in [0.1, 0.15) is 11.6 Å². The Balaban J connectivity index is 1.68. The normalized spacial score (nSPS) is 11.0. The first-order valence-electron chi connectivity index (χ1n) is 7.98. The molecule has 0 saturated heterocycles. The van der Waals surface area contributed by atoms with Crippen LogP contribution in [-0.2, 0) is 16.1 Å². The van der Waals surface area contributed by atoms with Gasteiger partial charge in [0.05, 0.1) is 18.0 Å². The van der Waals surface area contributed by atoms with E-state index in [-0.39, 0.29) is 24.4 Å². The predicted octanol–water partition coefficient (Wildman–Crippen LogP) is 2.81. The van der Waals surface area contributed by atoms with Crippen molar-refractivity contribution in [3.63, 3.8) is 0 Å². The molecule has 0 spiro atoms.